The van der Waals surface area contributed by atoms with Crippen molar-refractivity contribution < 1.29 is 9.72 Å². The van der Waals surface area contributed by atoms with Crippen molar-refractivity contribution in [2.75, 3.05) is 7.11 Å². The summed E-state index contributed by atoms with van der Waals surface area (Å²) in [6.45, 7) is 0. The average Bonchev–Trinajstić information content (AvgIpc) is 2.17. The van der Waals surface area contributed by atoms with E-state index in [0.717, 1.165) is 16.5 Å². The number of hydrogen-bond acceptors (Lipinski definition) is 1. The third kappa shape index (κ3) is 1.01. The van der Waals surface area contributed by atoms with Gasteiger partial charge < -0.3 is 4.74 Å². The zero-order valence-electron chi connectivity index (χ0n) is 6.87. The van der Waals surface area contributed by atoms with Crippen molar-refractivity contribution in [1.82, 2.24) is 0 Å². The smallest absolute Gasteiger partial charge is 0.175 e. The van der Waals surface area contributed by atoms with E-state index in [-0.39, 0.29) is 0 Å². The molecule has 0 bridgehead atoms. The Labute approximate surface area is 70.8 Å². The largest absolute Gasteiger partial charge is 0.496 e. The molecular formula is C10H10NO+. The number of ether oxygens (including phenoxy) is 1. The summed E-state index contributed by atoms with van der Waals surface area (Å²) in [5.41, 5.74) is 0. The Bertz CT molecular complexity index is 392. The molecule has 0 unspecified atom stereocenters. The first-order valence-corrected chi connectivity index (χ1v) is 3.84. The number of pyridine rings is 1. The van der Waals surface area contributed by atoms with E-state index in [1.54, 1.807) is 7.11 Å². The third-order valence-electron chi connectivity index (χ3n) is 1.90. The van der Waals surface area contributed by atoms with Crippen molar-refractivity contribution in [2.45, 2.75) is 0 Å². The first kappa shape index (κ1) is 7.10. The highest BCUT2D eigenvalue weighted by molar-refractivity contribution is 5.86. The predicted molar refractivity (Wildman–Crippen MR) is 47.1 cm³/mol. The van der Waals surface area contributed by atoms with Gasteiger partial charge in [-0.25, -0.2) is 4.98 Å². The fourth-order valence-electron chi connectivity index (χ4n) is 1.31. The molecule has 0 atom stereocenters. The van der Waals surface area contributed by atoms with Crippen LogP contribution in [0.2, 0.25) is 0 Å². The van der Waals surface area contributed by atoms with E-state index < -0.39 is 0 Å². The lowest BCUT2D eigenvalue weighted by Gasteiger charge is -2.01. The van der Waals surface area contributed by atoms with E-state index in [2.05, 4.69) is 4.98 Å². The molecule has 0 aliphatic heterocycles. The molecule has 0 amide bonds. The molecule has 12 heavy (non-hydrogen) atoms. The molecule has 0 aliphatic carbocycles. The SMILES string of the molecule is COc1cccc2c[nH+]ccc12. The third-order valence-corrected chi connectivity index (χ3v) is 1.90. The number of nitrogens with one attached hydrogen (secondary N) is 1. The van der Waals surface area contributed by atoms with Gasteiger partial charge in [-0.1, -0.05) is 6.07 Å². The molecule has 1 heterocycles. The summed E-state index contributed by atoms with van der Waals surface area (Å²) in [4.78, 5) is 3.03. The van der Waals surface area contributed by atoms with Gasteiger partial charge in [0.25, 0.3) is 0 Å². The normalized spacial score (nSPS) is 10.1. The molecule has 2 aromatic rings. The molecule has 0 saturated heterocycles. The number of benzene rings is 1. The monoisotopic (exact) mass is 160 g/mol. The fourth-order valence-corrected chi connectivity index (χ4v) is 1.31. The second kappa shape index (κ2) is 2.81. The van der Waals surface area contributed by atoms with Crippen molar-refractivity contribution >= 4 is 10.8 Å². The van der Waals surface area contributed by atoms with Gasteiger partial charge in [0.05, 0.1) is 7.11 Å². The van der Waals surface area contributed by atoms with Gasteiger partial charge in [0.2, 0.25) is 0 Å². The molecule has 0 spiro atoms. The molecule has 1 N–H and O–H groups in total. The number of aromatic amines is 1. The lowest BCUT2D eigenvalue weighted by molar-refractivity contribution is -0.375. The number of H-pyrrole nitrogens is 1. The van der Waals surface area contributed by atoms with Crippen LogP contribution in [-0.4, -0.2) is 7.11 Å². The highest BCUT2D eigenvalue weighted by Gasteiger charge is 2.00. The molecule has 2 rings (SSSR count). The highest BCUT2D eigenvalue weighted by Crippen LogP contribution is 2.22. The van der Waals surface area contributed by atoms with E-state index in [4.69, 9.17) is 4.74 Å². The predicted octanol–water partition coefficient (Wildman–Crippen LogP) is 1.66. The van der Waals surface area contributed by atoms with Crippen LogP contribution in [0.3, 0.4) is 0 Å². The van der Waals surface area contributed by atoms with Crippen molar-refractivity contribution in [2.24, 2.45) is 0 Å². The van der Waals surface area contributed by atoms with Crippen LogP contribution in [-0.2, 0) is 0 Å². The summed E-state index contributed by atoms with van der Waals surface area (Å²) < 4.78 is 5.21. The van der Waals surface area contributed by atoms with Crippen molar-refractivity contribution in [3.05, 3.63) is 36.7 Å². The quantitative estimate of drug-likeness (QED) is 0.622. The van der Waals surface area contributed by atoms with Crippen LogP contribution >= 0.6 is 0 Å². The first-order chi connectivity index (χ1) is 5.92. The van der Waals surface area contributed by atoms with E-state index in [1.165, 1.54) is 0 Å². The van der Waals surface area contributed by atoms with Gasteiger partial charge in [0, 0.05) is 16.8 Å². The number of hydrogen-bond donors (Lipinski definition) is 0. The van der Waals surface area contributed by atoms with Gasteiger partial charge in [0.1, 0.15) is 5.75 Å². The highest BCUT2D eigenvalue weighted by atomic mass is 16.5. The Morgan fingerprint density at radius 2 is 2.17 bits per heavy atom. The molecule has 2 heteroatoms. The standard InChI is InChI=1S/C10H9NO/c1-12-10-4-2-3-8-7-11-6-5-9(8)10/h2-7H,1H3/p+1. The summed E-state index contributed by atoms with van der Waals surface area (Å²) in [6, 6.07) is 8.00. The second-order valence-electron chi connectivity index (χ2n) is 2.61. The van der Waals surface area contributed by atoms with Gasteiger partial charge in [-0.3, -0.25) is 0 Å². The Morgan fingerprint density at radius 3 is 3.00 bits per heavy atom. The maximum Gasteiger partial charge on any atom is 0.175 e. The zero-order valence-corrected chi connectivity index (χ0v) is 6.87. The summed E-state index contributed by atoms with van der Waals surface area (Å²) in [5.74, 6) is 0.918. The van der Waals surface area contributed by atoms with E-state index >= 15 is 0 Å². The van der Waals surface area contributed by atoms with Crippen LogP contribution in [0, 0.1) is 0 Å². The molecule has 60 valence electrons. The summed E-state index contributed by atoms with van der Waals surface area (Å²) in [7, 11) is 1.69. The van der Waals surface area contributed by atoms with Crippen LogP contribution in [0.4, 0.5) is 0 Å². The minimum absolute atomic E-state index is 0.918. The molecular weight excluding hydrogens is 150 g/mol. The minimum atomic E-state index is 0.918. The van der Waals surface area contributed by atoms with Gasteiger partial charge in [-0.05, 0) is 12.1 Å². The van der Waals surface area contributed by atoms with Gasteiger partial charge >= 0.3 is 0 Å². The van der Waals surface area contributed by atoms with Gasteiger partial charge in [-0.15, -0.1) is 0 Å². The lowest BCUT2D eigenvalue weighted by Crippen LogP contribution is -1.97. The maximum absolute atomic E-state index is 5.21. The van der Waals surface area contributed by atoms with Crippen LogP contribution in [0.1, 0.15) is 0 Å². The van der Waals surface area contributed by atoms with Crippen molar-refractivity contribution in [3.63, 3.8) is 0 Å². The molecule has 2 nitrogen and oxygen atoms in total. The molecule has 1 aromatic heterocycles. The van der Waals surface area contributed by atoms with Gasteiger partial charge in [0.15, 0.2) is 12.4 Å². The first-order valence-electron chi connectivity index (χ1n) is 3.84. The van der Waals surface area contributed by atoms with E-state index in [1.807, 2.05) is 36.7 Å². The second-order valence-corrected chi connectivity index (χ2v) is 2.61. The maximum atomic E-state index is 5.21. The Morgan fingerprint density at radius 1 is 1.25 bits per heavy atom. The van der Waals surface area contributed by atoms with Gasteiger partial charge in [-0.2, -0.15) is 0 Å². The zero-order chi connectivity index (χ0) is 8.39. The number of rotatable bonds is 1. The number of fused-ring (bicyclic) bond motifs is 1. The Kier molecular flexibility index (Phi) is 1.67. The molecule has 0 fully saturated rings. The molecule has 0 radical (unpaired) electrons. The average molecular weight is 160 g/mol. The minimum Gasteiger partial charge on any atom is -0.496 e. The molecule has 0 saturated carbocycles. The summed E-state index contributed by atoms with van der Waals surface area (Å²) in [6.07, 6.45) is 3.85. The molecule has 1 aromatic carbocycles. The van der Waals surface area contributed by atoms with Crippen LogP contribution in [0.15, 0.2) is 36.7 Å². The fraction of sp³-hybridized carbons (Fsp3) is 0.100. The van der Waals surface area contributed by atoms with E-state index in [9.17, 15) is 0 Å². The van der Waals surface area contributed by atoms with Crippen LogP contribution in [0.25, 0.3) is 10.8 Å². The Hall–Kier alpha value is -1.57. The number of methoxy groups -OCH3 is 1. The Balaban J connectivity index is 2.79. The van der Waals surface area contributed by atoms with Crippen molar-refractivity contribution in [1.29, 1.82) is 0 Å². The summed E-state index contributed by atoms with van der Waals surface area (Å²) >= 11 is 0. The molecule has 0 aliphatic rings. The number of aromatic nitrogens is 1. The van der Waals surface area contributed by atoms with E-state index in [0.29, 0.717) is 0 Å². The van der Waals surface area contributed by atoms with Crippen LogP contribution < -0.4 is 9.72 Å². The topological polar surface area (TPSA) is 23.4 Å². The van der Waals surface area contributed by atoms with Crippen molar-refractivity contribution in [3.8, 4) is 5.75 Å². The lowest BCUT2D eigenvalue weighted by atomic mass is 10.2. The van der Waals surface area contributed by atoms with Crippen LogP contribution in [0.5, 0.6) is 5.75 Å². The summed E-state index contributed by atoms with van der Waals surface area (Å²) in [5, 5.41) is 2.30.